The van der Waals surface area contributed by atoms with Gasteiger partial charge in [-0.05, 0) is 50.3 Å². The first-order chi connectivity index (χ1) is 14.3. The summed E-state index contributed by atoms with van der Waals surface area (Å²) in [4.78, 5) is 0.852. The van der Waals surface area contributed by atoms with E-state index < -0.39 is 47.8 Å². The highest BCUT2D eigenvalue weighted by Gasteiger charge is 2.20. The van der Waals surface area contributed by atoms with Crippen LogP contribution in [0.1, 0.15) is 37.7 Å². The van der Waals surface area contributed by atoms with E-state index in [1.54, 1.807) is 13.0 Å². The lowest BCUT2D eigenvalue weighted by Gasteiger charge is -2.30. The number of piperidine rings is 1. The summed E-state index contributed by atoms with van der Waals surface area (Å²) in [7, 11) is -4.17. The summed E-state index contributed by atoms with van der Waals surface area (Å²) in [6.45, 7) is -5.12. The molecule has 6 heteroatoms. The van der Waals surface area contributed by atoms with Crippen LogP contribution in [-0.4, -0.2) is 21.4 Å². The van der Waals surface area contributed by atoms with Gasteiger partial charge < -0.3 is 4.90 Å². The number of hydrogen-bond donors (Lipinski definition) is 1. The van der Waals surface area contributed by atoms with Crippen LogP contribution in [0.25, 0.3) is 0 Å². The minimum Gasteiger partial charge on any atom is -0.370 e. The van der Waals surface area contributed by atoms with Gasteiger partial charge in [-0.3, -0.25) is 4.72 Å². The Labute approximate surface area is 149 Å². The molecule has 0 aliphatic carbocycles. The minimum absolute atomic E-state index is 0.0588. The van der Waals surface area contributed by atoms with Crippen LogP contribution in [0.4, 0.5) is 11.4 Å². The van der Waals surface area contributed by atoms with E-state index in [1.807, 2.05) is 0 Å². The molecular formula is C16H20N2O2S2. The smallest absolute Gasteiger partial charge is 0.271 e. The topological polar surface area (TPSA) is 49.4 Å². The Morgan fingerprint density at radius 2 is 1.86 bits per heavy atom. The average molecular weight is 347 g/mol. The summed E-state index contributed by atoms with van der Waals surface area (Å²) in [5, 5.41) is 0. The summed E-state index contributed by atoms with van der Waals surface area (Å²) >= 11 is 0.972. The molecule has 2 aromatic rings. The molecule has 0 atom stereocenters. The molecule has 0 amide bonds. The third-order valence-electron chi connectivity index (χ3n) is 2.83. The molecule has 22 heavy (non-hydrogen) atoms. The van der Waals surface area contributed by atoms with E-state index in [-0.39, 0.29) is 14.8 Å². The Kier molecular flexibility index (Phi) is 2.11. The van der Waals surface area contributed by atoms with E-state index >= 15 is 0 Å². The van der Waals surface area contributed by atoms with Gasteiger partial charge in [0.05, 0.1) is 11.4 Å². The summed E-state index contributed by atoms with van der Waals surface area (Å²) in [6, 6.07) is 7.96. The first kappa shape index (κ1) is 7.36. The number of anilines is 2. The third-order valence-corrected chi connectivity index (χ3v) is 5.69. The Hall–Kier alpha value is -1.53. The van der Waals surface area contributed by atoms with Gasteiger partial charge in [0, 0.05) is 31.6 Å². The largest absolute Gasteiger partial charge is 0.370 e. The zero-order chi connectivity index (χ0) is 24.5. The Morgan fingerprint density at radius 1 is 1.14 bits per heavy atom. The highest BCUT2D eigenvalue weighted by molar-refractivity contribution is 7.94. The number of nitrogens with one attached hydrogen (secondary N) is 1. The maximum atomic E-state index is 12.8. The van der Waals surface area contributed by atoms with Crippen molar-refractivity contribution in [2.45, 2.75) is 30.3 Å². The van der Waals surface area contributed by atoms with Crippen LogP contribution < -0.4 is 9.62 Å². The summed E-state index contributed by atoms with van der Waals surface area (Å²) in [5.41, 5.74) is -0.803. The fourth-order valence-corrected chi connectivity index (χ4v) is 4.21. The van der Waals surface area contributed by atoms with Crippen molar-refractivity contribution < 1.29 is 22.1 Å². The average Bonchev–Trinajstić information content (AvgIpc) is 3.09. The summed E-state index contributed by atoms with van der Waals surface area (Å²) in [6.07, 6.45) is -10.6. The maximum Gasteiger partial charge on any atom is 0.271 e. The Morgan fingerprint density at radius 3 is 2.55 bits per heavy atom. The van der Waals surface area contributed by atoms with Gasteiger partial charge in [-0.1, -0.05) is 12.1 Å². The fourth-order valence-electron chi connectivity index (χ4n) is 1.85. The molecule has 0 saturated carbocycles. The summed E-state index contributed by atoms with van der Waals surface area (Å²) < 4.78 is 109. The first-order valence-corrected chi connectivity index (χ1v) is 8.61. The van der Waals surface area contributed by atoms with Gasteiger partial charge in [0.2, 0.25) is 0 Å². The predicted molar refractivity (Wildman–Crippen MR) is 92.4 cm³/mol. The molecule has 1 N–H and O–H groups in total. The molecule has 1 aliphatic heterocycles. The quantitative estimate of drug-likeness (QED) is 0.915. The second kappa shape index (κ2) is 6.30. The number of aryl methyl sites for hydroxylation is 1. The molecule has 0 spiro atoms. The van der Waals surface area contributed by atoms with Gasteiger partial charge in [0.15, 0.2) is 0 Å². The lowest BCUT2D eigenvalue weighted by Crippen LogP contribution is -2.30. The van der Waals surface area contributed by atoms with Gasteiger partial charge in [-0.15, -0.1) is 11.3 Å². The maximum absolute atomic E-state index is 12.8. The van der Waals surface area contributed by atoms with Crippen molar-refractivity contribution in [3.05, 3.63) is 41.3 Å². The molecule has 3 rings (SSSR count). The van der Waals surface area contributed by atoms with Crippen molar-refractivity contribution in [3.8, 4) is 0 Å². The van der Waals surface area contributed by atoms with Crippen molar-refractivity contribution in [1.29, 1.82) is 0 Å². The Bertz CT molecular complexity index is 1120. The molecule has 0 unspecified atom stereocenters. The molecule has 1 fully saturated rings. The highest BCUT2D eigenvalue weighted by atomic mass is 32.2. The van der Waals surface area contributed by atoms with Crippen LogP contribution in [0.2, 0.25) is 0 Å². The van der Waals surface area contributed by atoms with E-state index in [0.29, 0.717) is 4.88 Å². The third kappa shape index (κ3) is 3.28. The lowest BCUT2D eigenvalue weighted by atomic mass is 10.1. The lowest BCUT2D eigenvalue weighted by molar-refractivity contribution is 0.578. The van der Waals surface area contributed by atoms with Crippen molar-refractivity contribution in [1.82, 2.24) is 0 Å². The number of para-hydroxylation sites is 2. The van der Waals surface area contributed by atoms with E-state index in [4.69, 9.17) is 13.7 Å². The molecule has 0 bridgehead atoms. The number of rotatable bonds is 4. The Balaban J connectivity index is 2.22. The predicted octanol–water partition coefficient (Wildman–Crippen LogP) is 3.85. The second-order valence-electron chi connectivity index (χ2n) is 4.42. The fraction of sp³-hybridized carbons (Fsp3) is 0.375. The van der Waals surface area contributed by atoms with Crippen LogP contribution in [0.5, 0.6) is 0 Å². The van der Waals surface area contributed by atoms with E-state index in [1.165, 1.54) is 24.3 Å². The van der Waals surface area contributed by atoms with E-state index in [9.17, 15) is 8.42 Å². The molecule has 1 aromatic carbocycles. The van der Waals surface area contributed by atoms with E-state index in [0.717, 1.165) is 17.4 Å². The van der Waals surface area contributed by atoms with Gasteiger partial charge in [0.1, 0.15) is 4.21 Å². The molecule has 1 saturated heterocycles. The number of benzene rings is 1. The summed E-state index contributed by atoms with van der Waals surface area (Å²) in [5.74, 6) is 0. The molecule has 1 aromatic heterocycles. The van der Waals surface area contributed by atoms with Crippen molar-refractivity contribution in [2.75, 3.05) is 22.6 Å². The molecule has 0 radical (unpaired) electrons. The van der Waals surface area contributed by atoms with E-state index in [2.05, 4.69) is 4.72 Å². The monoisotopic (exact) mass is 346 g/mol. The molecule has 4 nitrogen and oxygen atoms in total. The SMILES string of the molecule is [2H]C1([2H])N(c2ccccc2NS(=O)(=O)c2ccc(C)s2)C([2H])([2H])C([2H])([2H])C([2H])([2H])C1([2H])[2H]. The normalized spacial score (nSPS) is 34.0. The number of hydrogen-bond acceptors (Lipinski definition) is 4. The van der Waals surface area contributed by atoms with Gasteiger partial charge in [0.25, 0.3) is 10.0 Å². The first-order valence-electron chi connectivity index (χ1n) is 11.3. The molecule has 1 aliphatic rings. The van der Waals surface area contributed by atoms with Crippen molar-refractivity contribution in [2.24, 2.45) is 0 Å². The van der Waals surface area contributed by atoms with Crippen LogP contribution in [-0.2, 0) is 10.0 Å². The number of sulfonamides is 1. The number of thiophene rings is 1. The standard InChI is InChI=1S/C16H20N2O2S2/c1-13-9-10-16(21-13)22(19,20)17-14-7-3-4-8-15(14)18-11-5-2-6-12-18/h3-4,7-10,17H,2,5-6,11-12H2,1H3/i2D2,5D2,6D2,11D2,12D2. The number of nitrogens with zero attached hydrogens (tertiary/aromatic N) is 1. The van der Waals surface area contributed by atoms with Crippen LogP contribution in [0, 0.1) is 6.92 Å². The van der Waals surface area contributed by atoms with Gasteiger partial charge in [-0.2, -0.15) is 0 Å². The van der Waals surface area contributed by atoms with Crippen molar-refractivity contribution in [3.63, 3.8) is 0 Å². The molecular weight excluding hydrogens is 316 g/mol. The van der Waals surface area contributed by atoms with Crippen LogP contribution >= 0.6 is 11.3 Å². The van der Waals surface area contributed by atoms with Gasteiger partial charge in [-0.25, -0.2) is 8.42 Å². The van der Waals surface area contributed by atoms with Crippen LogP contribution in [0.15, 0.2) is 40.6 Å². The van der Waals surface area contributed by atoms with Gasteiger partial charge >= 0.3 is 0 Å². The van der Waals surface area contributed by atoms with Crippen molar-refractivity contribution >= 4 is 32.7 Å². The minimum atomic E-state index is -4.17. The molecule has 2 heterocycles. The van der Waals surface area contributed by atoms with Crippen LogP contribution in [0.3, 0.4) is 0 Å². The second-order valence-corrected chi connectivity index (χ2v) is 7.62. The highest BCUT2D eigenvalue weighted by Crippen LogP contribution is 2.31. The molecule has 118 valence electrons. The zero-order valence-electron chi connectivity index (χ0n) is 21.5. The zero-order valence-corrected chi connectivity index (χ0v) is 13.2.